The zero-order valence-electron chi connectivity index (χ0n) is 18.9. The molecule has 3 atom stereocenters. The maximum atomic E-state index is 12.7. The summed E-state index contributed by atoms with van der Waals surface area (Å²) in [7, 11) is 0. The van der Waals surface area contributed by atoms with Gasteiger partial charge in [-0.3, -0.25) is 14.4 Å². The van der Waals surface area contributed by atoms with E-state index in [-0.39, 0.29) is 24.5 Å². The highest BCUT2D eigenvalue weighted by Gasteiger charge is 2.29. The van der Waals surface area contributed by atoms with E-state index in [1.807, 2.05) is 0 Å². The molecule has 0 radical (unpaired) electrons. The maximum Gasteiger partial charge on any atom is 0.326 e. The number of nitrogens with zero attached hydrogens (tertiary/aromatic N) is 1. The first-order chi connectivity index (χ1) is 16.1. The van der Waals surface area contributed by atoms with Crippen LogP contribution in [0.3, 0.4) is 0 Å². The molecule has 1 heterocycles. The second-order valence-electron chi connectivity index (χ2n) is 8.16. The average molecular weight is 475 g/mol. The lowest BCUT2D eigenvalue weighted by atomic mass is 10.0. The molecule has 2 rings (SSSR count). The number of aromatic amines is 1. The van der Waals surface area contributed by atoms with Crippen molar-refractivity contribution in [3.05, 3.63) is 48.0 Å². The number of nitrogens with one attached hydrogen (secondary N) is 4. The SMILES string of the molecule is CC(C)C(NC(=O)CNC(=O)C(N)Cc1ccc(O)cc1)C(=O)NC(Cc1cnc[nH]1)C(=O)O. The van der Waals surface area contributed by atoms with E-state index in [1.165, 1.54) is 24.7 Å². The standard InChI is InChI=1S/C22H30N6O6/c1-12(2)19(21(32)27-17(22(33)34)8-14-9-24-11-26-14)28-18(30)10-25-20(31)16(23)7-13-3-5-15(29)6-4-13/h3-6,9,11-12,16-17,19,29H,7-8,10,23H2,1-2H3,(H,24,26)(H,25,31)(H,27,32)(H,28,30)(H,33,34). The highest BCUT2D eigenvalue weighted by atomic mass is 16.4. The van der Waals surface area contributed by atoms with Gasteiger partial charge >= 0.3 is 5.97 Å². The van der Waals surface area contributed by atoms with Crippen LogP contribution in [0.4, 0.5) is 0 Å². The minimum absolute atomic E-state index is 0.00515. The number of hydrogen-bond donors (Lipinski definition) is 7. The number of benzene rings is 1. The van der Waals surface area contributed by atoms with Crippen molar-refractivity contribution in [2.45, 2.75) is 44.8 Å². The molecule has 0 aliphatic heterocycles. The Kier molecular flexibility index (Phi) is 9.56. The number of carboxylic acids is 1. The summed E-state index contributed by atoms with van der Waals surface area (Å²) in [5.41, 5.74) is 7.15. The predicted octanol–water partition coefficient (Wildman–Crippen LogP) is -0.946. The monoisotopic (exact) mass is 474 g/mol. The maximum absolute atomic E-state index is 12.7. The number of carboxylic acid groups (broad SMARTS) is 1. The minimum atomic E-state index is -1.23. The number of phenolic OH excluding ortho intramolecular Hbond substituents is 1. The highest BCUT2D eigenvalue weighted by Crippen LogP contribution is 2.11. The van der Waals surface area contributed by atoms with E-state index in [0.717, 1.165) is 5.56 Å². The number of amides is 3. The van der Waals surface area contributed by atoms with E-state index in [2.05, 4.69) is 25.9 Å². The van der Waals surface area contributed by atoms with Crippen LogP contribution in [0, 0.1) is 5.92 Å². The third kappa shape index (κ3) is 8.20. The molecule has 3 unspecified atom stereocenters. The van der Waals surface area contributed by atoms with Gasteiger partial charge in [-0.25, -0.2) is 9.78 Å². The van der Waals surface area contributed by atoms with Gasteiger partial charge in [-0.05, 0) is 30.0 Å². The number of H-pyrrole nitrogens is 1. The van der Waals surface area contributed by atoms with Gasteiger partial charge in [-0.1, -0.05) is 26.0 Å². The molecule has 1 aromatic carbocycles. The minimum Gasteiger partial charge on any atom is -0.508 e. The van der Waals surface area contributed by atoms with Gasteiger partial charge in [0.1, 0.15) is 17.8 Å². The first-order valence-electron chi connectivity index (χ1n) is 10.7. The highest BCUT2D eigenvalue weighted by molar-refractivity contribution is 5.92. The molecule has 0 fully saturated rings. The second kappa shape index (κ2) is 12.3. The molecule has 1 aromatic heterocycles. The predicted molar refractivity (Wildman–Crippen MR) is 121 cm³/mol. The van der Waals surface area contributed by atoms with Crippen LogP contribution in [0.15, 0.2) is 36.8 Å². The summed E-state index contributed by atoms with van der Waals surface area (Å²) in [5, 5.41) is 26.1. The van der Waals surface area contributed by atoms with Gasteiger partial charge in [-0.2, -0.15) is 0 Å². The number of phenols is 1. The van der Waals surface area contributed by atoms with Crippen molar-refractivity contribution in [3.8, 4) is 5.75 Å². The molecule has 2 aromatic rings. The Labute approximate surface area is 196 Å². The van der Waals surface area contributed by atoms with Crippen molar-refractivity contribution in [2.75, 3.05) is 6.54 Å². The van der Waals surface area contributed by atoms with Crippen molar-refractivity contribution < 1.29 is 29.4 Å². The molecule has 12 heteroatoms. The van der Waals surface area contributed by atoms with Gasteiger partial charge in [-0.15, -0.1) is 0 Å². The lowest BCUT2D eigenvalue weighted by Crippen LogP contribution is -2.56. The molecule has 0 aliphatic rings. The Morgan fingerprint density at radius 2 is 1.74 bits per heavy atom. The molecule has 0 saturated heterocycles. The fourth-order valence-corrected chi connectivity index (χ4v) is 3.11. The van der Waals surface area contributed by atoms with Gasteiger partial charge in [0.2, 0.25) is 17.7 Å². The fraction of sp³-hybridized carbons (Fsp3) is 0.409. The molecule has 184 valence electrons. The number of imidazole rings is 1. The summed E-state index contributed by atoms with van der Waals surface area (Å²) >= 11 is 0. The Morgan fingerprint density at radius 3 is 2.29 bits per heavy atom. The largest absolute Gasteiger partial charge is 0.508 e. The molecule has 0 saturated carbocycles. The van der Waals surface area contributed by atoms with Gasteiger partial charge < -0.3 is 36.9 Å². The smallest absolute Gasteiger partial charge is 0.326 e. The Morgan fingerprint density at radius 1 is 1.06 bits per heavy atom. The van der Waals surface area contributed by atoms with Crippen molar-refractivity contribution >= 4 is 23.7 Å². The van der Waals surface area contributed by atoms with Crippen LogP contribution in [0.2, 0.25) is 0 Å². The van der Waals surface area contributed by atoms with Gasteiger partial charge in [0.05, 0.1) is 18.9 Å². The van der Waals surface area contributed by atoms with Crippen LogP contribution >= 0.6 is 0 Å². The van der Waals surface area contributed by atoms with Crippen molar-refractivity contribution in [1.29, 1.82) is 0 Å². The molecule has 8 N–H and O–H groups in total. The van der Waals surface area contributed by atoms with E-state index < -0.39 is 48.4 Å². The lowest BCUT2D eigenvalue weighted by Gasteiger charge is -2.24. The van der Waals surface area contributed by atoms with E-state index in [1.54, 1.807) is 26.0 Å². The number of aromatic nitrogens is 2. The first kappa shape index (κ1) is 26.3. The molecule has 0 aliphatic carbocycles. The average Bonchev–Trinajstić information content (AvgIpc) is 3.29. The number of aromatic hydroxyl groups is 1. The summed E-state index contributed by atoms with van der Waals surface area (Å²) < 4.78 is 0. The lowest BCUT2D eigenvalue weighted by molar-refractivity contribution is -0.142. The third-order valence-electron chi connectivity index (χ3n) is 5.01. The summed E-state index contributed by atoms with van der Waals surface area (Å²) in [4.78, 5) is 55.4. The number of carbonyl (C=O) groups excluding carboxylic acids is 3. The van der Waals surface area contributed by atoms with E-state index >= 15 is 0 Å². The molecule has 0 spiro atoms. The Bertz CT molecular complexity index is 976. The quantitative estimate of drug-likeness (QED) is 0.204. The number of nitrogens with two attached hydrogens (primary N) is 1. The first-order valence-corrected chi connectivity index (χ1v) is 10.7. The molecule has 34 heavy (non-hydrogen) atoms. The summed E-state index contributed by atoms with van der Waals surface area (Å²) in [6, 6.07) is 3.08. The van der Waals surface area contributed by atoms with Crippen LogP contribution in [0.25, 0.3) is 0 Å². The molecular weight excluding hydrogens is 444 g/mol. The third-order valence-corrected chi connectivity index (χ3v) is 5.01. The fourth-order valence-electron chi connectivity index (χ4n) is 3.11. The molecule has 0 bridgehead atoms. The van der Waals surface area contributed by atoms with Gasteiger partial charge in [0.25, 0.3) is 0 Å². The molecular formula is C22H30N6O6. The van der Waals surface area contributed by atoms with Crippen LogP contribution in [0.1, 0.15) is 25.1 Å². The number of aliphatic carboxylic acids is 1. The topological polar surface area (TPSA) is 200 Å². The molecule has 12 nitrogen and oxygen atoms in total. The van der Waals surface area contributed by atoms with Gasteiger partial charge in [0.15, 0.2) is 0 Å². The normalized spacial score (nSPS) is 13.5. The van der Waals surface area contributed by atoms with Crippen LogP contribution in [-0.4, -0.2) is 68.5 Å². The Balaban J connectivity index is 1.87. The summed E-state index contributed by atoms with van der Waals surface area (Å²) in [6.45, 7) is 2.98. The number of rotatable bonds is 12. The van der Waals surface area contributed by atoms with Crippen molar-refractivity contribution in [3.63, 3.8) is 0 Å². The van der Waals surface area contributed by atoms with E-state index in [9.17, 15) is 29.4 Å². The number of hydrogen-bond acceptors (Lipinski definition) is 7. The van der Waals surface area contributed by atoms with Crippen molar-refractivity contribution in [2.24, 2.45) is 11.7 Å². The zero-order chi connectivity index (χ0) is 25.3. The van der Waals surface area contributed by atoms with Gasteiger partial charge in [0, 0.05) is 18.3 Å². The number of carbonyl (C=O) groups is 4. The van der Waals surface area contributed by atoms with Crippen LogP contribution in [-0.2, 0) is 32.0 Å². The van der Waals surface area contributed by atoms with Crippen LogP contribution < -0.4 is 21.7 Å². The Hall–Kier alpha value is -3.93. The van der Waals surface area contributed by atoms with Crippen LogP contribution in [0.5, 0.6) is 5.75 Å². The van der Waals surface area contributed by atoms with Crippen molar-refractivity contribution in [1.82, 2.24) is 25.9 Å². The zero-order valence-corrected chi connectivity index (χ0v) is 18.9. The molecule has 3 amide bonds. The summed E-state index contributed by atoms with van der Waals surface area (Å²) in [6.07, 6.45) is 3.06. The second-order valence-corrected chi connectivity index (χ2v) is 8.16. The van der Waals surface area contributed by atoms with E-state index in [4.69, 9.17) is 5.73 Å². The van der Waals surface area contributed by atoms with E-state index in [0.29, 0.717) is 5.69 Å². The summed E-state index contributed by atoms with van der Waals surface area (Å²) in [5.74, 6) is -3.33.